The van der Waals surface area contributed by atoms with Gasteiger partial charge in [0.1, 0.15) is 6.10 Å². The van der Waals surface area contributed by atoms with E-state index in [1.165, 1.54) is 23.5 Å². The van der Waals surface area contributed by atoms with E-state index in [0.29, 0.717) is 4.34 Å². The van der Waals surface area contributed by atoms with Crippen molar-refractivity contribution in [3.05, 3.63) is 51.4 Å². The highest BCUT2D eigenvalue weighted by Crippen LogP contribution is 2.28. The maximum absolute atomic E-state index is 13.3. The first-order valence-corrected chi connectivity index (χ1v) is 7.71. The zero-order chi connectivity index (χ0) is 15.9. The Kier molecular flexibility index (Phi) is 6.18. The lowest BCUT2D eigenvalue weighted by Crippen LogP contribution is -2.32. The fraction of sp³-hybridized carbons (Fsp3) is 0.267. The third-order valence-corrected chi connectivity index (χ3v) is 4.20. The van der Waals surface area contributed by atoms with Crippen LogP contribution >= 0.6 is 22.9 Å². The summed E-state index contributed by atoms with van der Waals surface area (Å²) in [5, 5.41) is 2.68. The van der Waals surface area contributed by atoms with Crippen molar-refractivity contribution < 1.29 is 18.7 Å². The Hall–Kier alpha value is -1.63. The maximum Gasteiger partial charge on any atom is 0.258 e. The number of halogens is 2. The van der Waals surface area contributed by atoms with Crippen molar-refractivity contribution >= 4 is 28.8 Å². The normalized spacial score (nSPS) is 12.0. The van der Waals surface area contributed by atoms with Gasteiger partial charge < -0.3 is 14.8 Å². The number of para-hydroxylation sites is 1. The minimum absolute atomic E-state index is 0.0472. The topological polar surface area (TPSA) is 47.6 Å². The Morgan fingerprint density at radius 2 is 2.14 bits per heavy atom. The van der Waals surface area contributed by atoms with E-state index in [-0.39, 0.29) is 30.9 Å². The molecular formula is C15H15ClFNO3S. The van der Waals surface area contributed by atoms with Gasteiger partial charge in [0.05, 0.1) is 4.34 Å². The van der Waals surface area contributed by atoms with Gasteiger partial charge in [-0.25, -0.2) is 4.39 Å². The van der Waals surface area contributed by atoms with Crippen LogP contribution in [0.3, 0.4) is 0 Å². The first-order chi connectivity index (χ1) is 10.6. The summed E-state index contributed by atoms with van der Waals surface area (Å²) in [6.45, 7) is 0.0232. The summed E-state index contributed by atoms with van der Waals surface area (Å²) in [4.78, 5) is 12.7. The highest BCUT2D eigenvalue weighted by atomic mass is 35.5. The second kappa shape index (κ2) is 8.12. The maximum atomic E-state index is 13.3. The summed E-state index contributed by atoms with van der Waals surface area (Å²) in [7, 11) is 1.56. The Bertz CT molecular complexity index is 635. The van der Waals surface area contributed by atoms with E-state index >= 15 is 0 Å². The van der Waals surface area contributed by atoms with E-state index in [1.807, 2.05) is 6.07 Å². The van der Waals surface area contributed by atoms with E-state index in [9.17, 15) is 9.18 Å². The number of benzene rings is 1. The van der Waals surface area contributed by atoms with E-state index in [4.69, 9.17) is 21.1 Å². The zero-order valence-electron chi connectivity index (χ0n) is 11.8. The van der Waals surface area contributed by atoms with Crippen LogP contribution in [-0.2, 0) is 9.53 Å². The Balaban J connectivity index is 1.81. The number of carbonyl (C=O) groups is 1. The lowest BCUT2D eigenvalue weighted by Gasteiger charge is -2.14. The van der Waals surface area contributed by atoms with Crippen LogP contribution in [0.2, 0.25) is 4.34 Å². The largest absolute Gasteiger partial charge is 0.481 e. The highest BCUT2D eigenvalue weighted by molar-refractivity contribution is 7.16. The molecule has 1 amide bonds. The lowest BCUT2D eigenvalue weighted by atomic mass is 10.3. The van der Waals surface area contributed by atoms with Crippen LogP contribution in [0, 0.1) is 5.82 Å². The molecule has 118 valence electrons. The molecule has 0 fully saturated rings. The summed E-state index contributed by atoms with van der Waals surface area (Å²) in [5.41, 5.74) is 0. The number of ether oxygens (including phenoxy) is 2. The highest BCUT2D eigenvalue weighted by Gasteiger charge is 2.14. The Labute approximate surface area is 136 Å². The molecule has 2 rings (SSSR count). The van der Waals surface area contributed by atoms with Gasteiger partial charge in [0, 0.05) is 18.5 Å². The molecule has 0 radical (unpaired) electrons. The zero-order valence-corrected chi connectivity index (χ0v) is 13.4. The van der Waals surface area contributed by atoms with Crippen molar-refractivity contribution in [2.45, 2.75) is 6.10 Å². The molecule has 1 N–H and O–H groups in total. The Morgan fingerprint density at radius 1 is 1.36 bits per heavy atom. The number of amides is 1. The molecule has 22 heavy (non-hydrogen) atoms. The van der Waals surface area contributed by atoms with Crippen LogP contribution < -0.4 is 10.1 Å². The third kappa shape index (κ3) is 4.69. The number of rotatable bonds is 7. The van der Waals surface area contributed by atoms with Crippen LogP contribution in [0.5, 0.6) is 5.75 Å². The first-order valence-electron chi connectivity index (χ1n) is 6.52. The van der Waals surface area contributed by atoms with E-state index < -0.39 is 5.82 Å². The third-order valence-electron chi connectivity index (χ3n) is 2.88. The molecule has 1 heterocycles. The summed E-state index contributed by atoms with van der Waals surface area (Å²) >= 11 is 7.27. The van der Waals surface area contributed by atoms with Crippen LogP contribution in [0.1, 0.15) is 11.0 Å². The number of carbonyl (C=O) groups excluding carboxylic acids is 1. The molecule has 0 saturated carbocycles. The quantitative estimate of drug-likeness (QED) is 0.838. The standard InChI is InChI=1S/C15H15ClFNO3S/c1-20-12(13-6-7-14(16)22-13)8-18-15(19)9-21-11-5-3-2-4-10(11)17/h2-7,12H,8-9H2,1H3,(H,18,19)/t12-/m0/s1. The molecular weight excluding hydrogens is 329 g/mol. The van der Waals surface area contributed by atoms with Gasteiger partial charge in [-0.05, 0) is 24.3 Å². The van der Waals surface area contributed by atoms with E-state index in [0.717, 1.165) is 4.88 Å². The minimum Gasteiger partial charge on any atom is -0.481 e. The van der Waals surface area contributed by atoms with E-state index in [1.54, 1.807) is 25.3 Å². The molecule has 0 unspecified atom stereocenters. The average molecular weight is 344 g/mol. The summed E-state index contributed by atoms with van der Waals surface area (Å²) in [6.07, 6.45) is -0.282. The van der Waals surface area contributed by atoms with Gasteiger partial charge in [-0.15, -0.1) is 11.3 Å². The second-order valence-electron chi connectivity index (χ2n) is 4.39. The number of hydrogen-bond acceptors (Lipinski definition) is 4. The predicted molar refractivity (Wildman–Crippen MR) is 84.0 cm³/mol. The molecule has 2 aromatic rings. The molecule has 0 bridgehead atoms. The fourth-order valence-corrected chi connectivity index (χ4v) is 2.90. The number of nitrogens with one attached hydrogen (secondary N) is 1. The predicted octanol–water partition coefficient (Wildman–Crippen LogP) is 3.42. The van der Waals surface area contributed by atoms with Crippen molar-refractivity contribution in [3.8, 4) is 5.75 Å². The summed E-state index contributed by atoms with van der Waals surface area (Å²) in [5.74, 6) is -0.808. The minimum atomic E-state index is -0.502. The van der Waals surface area contributed by atoms with Crippen molar-refractivity contribution in [2.24, 2.45) is 0 Å². The molecule has 0 aliphatic carbocycles. The van der Waals surface area contributed by atoms with Crippen LogP contribution in [0.4, 0.5) is 4.39 Å². The van der Waals surface area contributed by atoms with Crippen LogP contribution in [0.25, 0.3) is 0 Å². The fourth-order valence-electron chi connectivity index (χ4n) is 1.76. The lowest BCUT2D eigenvalue weighted by molar-refractivity contribution is -0.123. The number of methoxy groups -OCH3 is 1. The molecule has 0 aliphatic rings. The van der Waals surface area contributed by atoms with Crippen LogP contribution in [0.15, 0.2) is 36.4 Å². The van der Waals surface area contributed by atoms with Gasteiger partial charge in [0.2, 0.25) is 0 Å². The first kappa shape index (κ1) is 16.7. The van der Waals surface area contributed by atoms with E-state index in [2.05, 4.69) is 5.32 Å². The van der Waals surface area contributed by atoms with Gasteiger partial charge in [-0.3, -0.25) is 4.79 Å². The van der Waals surface area contributed by atoms with Gasteiger partial charge in [0.15, 0.2) is 18.2 Å². The van der Waals surface area contributed by atoms with Gasteiger partial charge in [-0.2, -0.15) is 0 Å². The number of thiophene rings is 1. The molecule has 0 aliphatic heterocycles. The molecule has 4 nitrogen and oxygen atoms in total. The Morgan fingerprint density at radius 3 is 2.77 bits per heavy atom. The molecule has 7 heteroatoms. The smallest absolute Gasteiger partial charge is 0.258 e. The summed E-state index contributed by atoms with van der Waals surface area (Å²) < 4.78 is 24.4. The van der Waals surface area contributed by atoms with Crippen molar-refractivity contribution in [1.82, 2.24) is 5.32 Å². The average Bonchev–Trinajstić information content (AvgIpc) is 2.93. The molecule has 0 spiro atoms. The molecule has 1 atom stereocenters. The van der Waals surface area contributed by atoms with Crippen molar-refractivity contribution in [3.63, 3.8) is 0 Å². The molecule has 0 saturated heterocycles. The van der Waals surface area contributed by atoms with Gasteiger partial charge in [-0.1, -0.05) is 23.7 Å². The second-order valence-corrected chi connectivity index (χ2v) is 6.14. The van der Waals surface area contributed by atoms with Crippen molar-refractivity contribution in [2.75, 3.05) is 20.3 Å². The monoisotopic (exact) mass is 343 g/mol. The molecule has 1 aromatic heterocycles. The van der Waals surface area contributed by atoms with Gasteiger partial charge >= 0.3 is 0 Å². The van der Waals surface area contributed by atoms with Crippen LogP contribution in [-0.4, -0.2) is 26.2 Å². The number of hydrogen-bond donors (Lipinski definition) is 1. The molecule has 1 aromatic carbocycles. The van der Waals surface area contributed by atoms with Gasteiger partial charge in [0.25, 0.3) is 5.91 Å². The SMILES string of the molecule is CO[C@@H](CNC(=O)COc1ccccc1F)c1ccc(Cl)s1. The van der Waals surface area contributed by atoms with Crippen molar-refractivity contribution in [1.29, 1.82) is 0 Å². The summed E-state index contributed by atoms with van der Waals surface area (Å²) in [6, 6.07) is 9.55.